The average Bonchev–Trinajstić information content (AvgIpc) is 2.41. The summed E-state index contributed by atoms with van der Waals surface area (Å²) in [6.07, 6.45) is 4.63. The Kier molecular flexibility index (Phi) is 12.2. The van der Waals surface area contributed by atoms with Crippen LogP contribution in [0.3, 0.4) is 0 Å². The summed E-state index contributed by atoms with van der Waals surface area (Å²) in [5, 5.41) is 17.0. The number of nitrogens with one attached hydrogen (secondary N) is 3. The number of amides is 2. The van der Waals surface area contributed by atoms with Crippen LogP contribution < -0.4 is 15.5 Å². The summed E-state index contributed by atoms with van der Waals surface area (Å²) in [6, 6.07) is 0. The lowest BCUT2D eigenvalue weighted by Gasteiger charge is -2.05. The lowest BCUT2D eigenvalue weighted by molar-refractivity contribution is -0.121. The highest BCUT2D eigenvalue weighted by Crippen LogP contribution is 2.00. The van der Waals surface area contributed by atoms with Crippen molar-refractivity contribution < 1.29 is 14.7 Å². The SMILES string of the molecule is N=[N+]=NCCCCCC(=O)NCCCCCNC(=O)O. The third kappa shape index (κ3) is 14.1. The Balaban J connectivity index is 3.24. The molecule has 0 atom stereocenters. The van der Waals surface area contributed by atoms with Gasteiger partial charge < -0.3 is 15.7 Å². The Bertz CT molecular complexity index is 329. The van der Waals surface area contributed by atoms with Crippen molar-refractivity contribution in [3.8, 4) is 0 Å². The van der Waals surface area contributed by atoms with Gasteiger partial charge in [0.2, 0.25) is 10.8 Å². The maximum atomic E-state index is 11.4. The molecule has 20 heavy (non-hydrogen) atoms. The fourth-order valence-corrected chi connectivity index (χ4v) is 1.63. The van der Waals surface area contributed by atoms with Gasteiger partial charge in [-0.3, -0.25) is 4.79 Å². The van der Waals surface area contributed by atoms with Crippen molar-refractivity contribution >= 4 is 12.0 Å². The summed E-state index contributed by atoms with van der Waals surface area (Å²) in [5.41, 5.74) is 6.47. The van der Waals surface area contributed by atoms with Crippen molar-refractivity contribution in [3.05, 3.63) is 0 Å². The molecule has 0 aliphatic carbocycles. The number of unbranched alkanes of at least 4 members (excludes halogenated alkanes) is 4. The summed E-state index contributed by atoms with van der Waals surface area (Å²) < 4.78 is 0. The van der Waals surface area contributed by atoms with Gasteiger partial charge in [0.15, 0.2) is 0 Å². The molecule has 0 radical (unpaired) electrons. The van der Waals surface area contributed by atoms with Crippen LogP contribution >= 0.6 is 0 Å². The summed E-state index contributed by atoms with van der Waals surface area (Å²) in [4.78, 5) is 24.5. The molecule has 8 heteroatoms. The van der Waals surface area contributed by atoms with Crippen molar-refractivity contribution in [1.82, 2.24) is 15.5 Å². The molecule has 4 N–H and O–H groups in total. The molecule has 0 aliphatic rings. The highest BCUT2D eigenvalue weighted by Gasteiger charge is 2.01. The Hall–Kier alpha value is -1.95. The van der Waals surface area contributed by atoms with Gasteiger partial charge >= 0.3 is 6.09 Å². The smallest absolute Gasteiger partial charge is 0.404 e. The quantitative estimate of drug-likeness (QED) is 0.247. The molecule has 0 rings (SSSR count). The van der Waals surface area contributed by atoms with E-state index in [0.29, 0.717) is 26.1 Å². The van der Waals surface area contributed by atoms with Gasteiger partial charge in [-0.15, -0.1) is 0 Å². The summed E-state index contributed by atoms with van der Waals surface area (Å²) in [7, 11) is 0. The van der Waals surface area contributed by atoms with Crippen molar-refractivity contribution in [2.24, 2.45) is 5.11 Å². The molecule has 0 aliphatic heterocycles. The predicted octanol–water partition coefficient (Wildman–Crippen LogP) is 1.65. The van der Waals surface area contributed by atoms with Gasteiger partial charge in [-0.1, -0.05) is 6.42 Å². The third-order valence-electron chi connectivity index (χ3n) is 2.68. The Morgan fingerprint density at radius 2 is 1.65 bits per heavy atom. The molecule has 0 heterocycles. The van der Waals surface area contributed by atoms with E-state index in [1.54, 1.807) is 0 Å². The first-order valence-electron chi connectivity index (χ1n) is 6.93. The molecule has 8 nitrogen and oxygen atoms in total. The monoisotopic (exact) mass is 286 g/mol. The van der Waals surface area contributed by atoms with Gasteiger partial charge in [-0.05, 0) is 32.1 Å². The first kappa shape index (κ1) is 18.0. The van der Waals surface area contributed by atoms with E-state index in [0.717, 1.165) is 38.5 Å². The first-order valence-corrected chi connectivity index (χ1v) is 6.93. The van der Waals surface area contributed by atoms with E-state index in [1.807, 2.05) is 0 Å². The van der Waals surface area contributed by atoms with Crippen LogP contribution in [0.5, 0.6) is 0 Å². The maximum absolute atomic E-state index is 11.4. The van der Waals surface area contributed by atoms with Gasteiger partial charge in [0.25, 0.3) is 0 Å². The fourth-order valence-electron chi connectivity index (χ4n) is 1.63. The molecule has 0 bridgehead atoms. The van der Waals surface area contributed by atoms with Crippen molar-refractivity contribution in [1.29, 1.82) is 5.53 Å². The summed E-state index contributed by atoms with van der Waals surface area (Å²) >= 11 is 0. The predicted molar refractivity (Wildman–Crippen MR) is 73.5 cm³/mol. The normalized spacial score (nSPS) is 9.60. The number of hydrogen-bond donors (Lipinski definition) is 4. The molecule has 0 fully saturated rings. The van der Waals surface area contributed by atoms with Crippen LogP contribution in [0.4, 0.5) is 4.79 Å². The molecule has 0 aromatic heterocycles. The second-order valence-corrected chi connectivity index (χ2v) is 4.42. The van der Waals surface area contributed by atoms with E-state index in [-0.39, 0.29) is 5.91 Å². The molecule has 0 aromatic rings. The third-order valence-corrected chi connectivity index (χ3v) is 2.68. The van der Waals surface area contributed by atoms with Gasteiger partial charge in [0.1, 0.15) is 17.2 Å². The largest absolute Gasteiger partial charge is 0.465 e. The zero-order valence-corrected chi connectivity index (χ0v) is 11.7. The highest BCUT2D eigenvalue weighted by molar-refractivity contribution is 5.75. The van der Waals surface area contributed by atoms with Gasteiger partial charge in [-0.25, -0.2) is 4.79 Å². The fraction of sp³-hybridized carbons (Fsp3) is 0.833. The lowest BCUT2D eigenvalue weighted by atomic mass is 10.2. The minimum absolute atomic E-state index is 0.0516. The topological polar surface area (TPSA) is 129 Å². The molecule has 0 unspecified atom stereocenters. The number of rotatable bonds is 12. The van der Waals surface area contributed by atoms with E-state index in [4.69, 9.17) is 10.6 Å². The van der Waals surface area contributed by atoms with Crippen LogP contribution in [0.2, 0.25) is 0 Å². The highest BCUT2D eigenvalue weighted by atomic mass is 16.4. The van der Waals surface area contributed by atoms with Crippen LogP contribution in [0, 0.1) is 5.53 Å². The van der Waals surface area contributed by atoms with Crippen LogP contribution in [0.1, 0.15) is 44.9 Å². The minimum Gasteiger partial charge on any atom is -0.465 e. The molecule has 114 valence electrons. The van der Waals surface area contributed by atoms with E-state index in [1.165, 1.54) is 0 Å². The van der Waals surface area contributed by atoms with Crippen LogP contribution in [-0.2, 0) is 4.79 Å². The Labute approximate surface area is 118 Å². The van der Waals surface area contributed by atoms with E-state index in [2.05, 4.69) is 20.7 Å². The molecule has 0 aromatic carbocycles. The van der Waals surface area contributed by atoms with E-state index in [9.17, 15) is 9.59 Å². The molecular weight excluding hydrogens is 262 g/mol. The first-order chi connectivity index (χ1) is 9.66. The molecule has 0 saturated heterocycles. The average molecular weight is 286 g/mol. The molecular formula is C12H24N5O3+. The minimum atomic E-state index is -0.998. The van der Waals surface area contributed by atoms with Crippen molar-refractivity contribution in [2.45, 2.75) is 44.9 Å². The second-order valence-electron chi connectivity index (χ2n) is 4.42. The molecule has 0 spiro atoms. The number of hydrogen-bond acceptors (Lipinski definition) is 4. The zero-order valence-electron chi connectivity index (χ0n) is 11.7. The van der Waals surface area contributed by atoms with E-state index < -0.39 is 6.09 Å². The number of nitrogens with zero attached hydrogens (tertiary/aromatic N) is 2. The number of carbonyl (C=O) groups is 2. The van der Waals surface area contributed by atoms with Gasteiger partial charge in [-0.2, -0.15) is 0 Å². The van der Waals surface area contributed by atoms with Crippen molar-refractivity contribution in [3.63, 3.8) is 0 Å². The van der Waals surface area contributed by atoms with E-state index >= 15 is 0 Å². The Morgan fingerprint density at radius 3 is 2.30 bits per heavy atom. The maximum Gasteiger partial charge on any atom is 0.404 e. The van der Waals surface area contributed by atoms with Crippen LogP contribution in [0.15, 0.2) is 5.11 Å². The van der Waals surface area contributed by atoms with Crippen LogP contribution in [-0.4, -0.2) is 36.7 Å². The number of carboxylic acid groups (broad SMARTS) is 1. The lowest BCUT2D eigenvalue weighted by Crippen LogP contribution is -2.24. The summed E-state index contributed by atoms with van der Waals surface area (Å²) in [6.45, 7) is 1.65. The van der Waals surface area contributed by atoms with Crippen molar-refractivity contribution in [2.75, 3.05) is 19.6 Å². The Morgan fingerprint density at radius 1 is 1.00 bits per heavy atom. The number of carbonyl (C=O) groups excluding carboxylic acids is 1. The van der Waals surface area contributed by atoms with Gasteiger partial charge in [0.05, 0.1) is 0 Å². The molecule has 2 amide bonds. The standard InChI is InChI=1S/C12H23N5O3/c13-17-16-10-6-1-3-7-11(18)14-8-4-2-5-9-15-12(19)20/h13,15H,1-10H2,(H-,14,18,19,20)/p+1. The zero-order chi connectivity index (χ0) is 15.1. The molecule has 0 saturated carbocycles. The van der Waals surface area contributed by atoms with Crippen LogP contribution in [0.25, 0.3) is 0 Å². The summed E-state index contributed by atoms with van der Waals surface area (Å²) in [5.74, 6) is 0.0516. The van der Waals surface area contributed by atoms with Gasteiger partial charge in [0, 0.05) is 19.5 Å². The second kappa shape index (κ2) is 13.5.